The van der Waals surface area contributed by atoms with Crippen molar-refractivity contribution in [2.24, 2.45) is 5.73 Å². The number of nitrogens with zero attached hydrogens (tertiary/aromatic N) is 1. The average Bonchev–Trinajstić information content (AvgIpc) is 1.86. The third kappa shape index (κ3) is 3.65. The summed E-state index contributed by atoms with van der Waals surface area (Å²) in [4.78, 5) is 2.38. The number of likely N-dealkylation sites (N-methyl/N-ethyl adjacent to an activating group) is 1. The second-order valence-electron chi connectivity index (χ2n) is 3.29. The Morgan fingerprint density at radius 2 is 2.09 bits per heavy atom. The van der Waals surface area contributed by atoms with Gasteiger partial charge in [0.1, 0.15) is 0 Å². The van der Waals surface area contributed by atoms with E-state index >= 15 is 0 Å². The fourth-order valence-electron chi connectivity index (χ4n) is 0.568. The fraction of sp³-hybridized carbons (Fsp3) is 0.857. The van der Waals surface area contributed by atoms with Gasteiger partial charge in [-0.3, -0.25) is 4.90 Å². The quantitative estimate of drug-likeness (QED) is 0.591. The number of aliphatic hydroxyl groups excluding tert-OH is 1. The molecule has 0 aliphatic carbocycles. The molecule has 0 saturated carbocycles. The van der Waals surface area contributed by atoms with E-state index in [4.69, 9.17) is 23.1 Å². The van der Waals surface area contributed by atoms with E-state index in [1.165, 1.54) is 0 Å². The van der Waals surface area contributed by atoms with Crippen molar-refractivity contribution in [3.05, 3.63) is 0 Å². The topological polar surface area (TPSA) is 49.5 Å². The molecule has 66 valence electrons. The van der Waals surface area contributed by atoms with Gasteiger partial charge in [0.05, 0.1) is 11.6 Å². The molecular formula is C7H16N2OS. The van der Waals surface area contributed by atoms with Crippen LogP contribution in [0, 0.1) is 0 Å². The summed E-state index contributed by atoms with van der Waals surface area (Å²) in [5, 5.41) is 8.95. The predicted octanol–water partition coefficient (Wildman–Crippen LogP) is -0.0248. The molecule has 0 saturated heterocycles. The number of aliphatic hydroxyl groups is 1. The third-order valence-electron chi connectivity index (χ3n) is 1.81. The lowest BCUT2D eigenvalue weighted by Gasteiger charge is -2.33. The van der Waals surface area contributed by atoms with E-state index in [0.717, 1.165) is 0 Å². The Morgan fingerprint density at radius 1 is 1.64 bits per heavy atom. The minimum Gasteiger partial charge on any atom is -0.394 e. The highest BCUT2D eigenvalue weighted by Gasteiger charge is 2.22. The van der Waals surface area contributed by atoms with Gasteiger partial charge in [0.2, 0.25) is 0 Å². The van der Waals surface area contributed by atoms with Crippen LogP contribution in [0.2, 0.25) is 0 Å². The van der Waals surface area contributed by atoms with Crippen LogP contribution in [0.15, 0.2) is 0 Å². The molecule has 0 spiro atoms. The molecule has 0 amide bonds. The van der Waals surface area contributed by atoms with Crippen molar-refractivity contribution in [2.75, 3.05) is 20.2 Å². The van der Waals surface area contributed by atoms with Gasteiger partial charge < -0.3 is 10.8 Å². The molecule has 0 heterocycles. The van der Waals surface area contributed by atoms with Crippen LogP contribution in [0.5, 0.6) is 0 Å². The zero-order valence-corrected chi connectivity index (χ0v) is 8.11. The maximum Gasteiger partial charge on any atom is 0.0870 e. The number of hydrogen-bond acceptors (Lipinski definition) is 3. The minimum atomic E-state index is -0.247. The van der Waals surface area contributed by atoms with E-state index in [0.29, 0.717) is 11.5 Å². The second-order valence-corrected chi connectivity index (χ2v) is 3.82. The highest BCUT2D eigenvalue weighted by Crippen LogP contribution is 2.09. The zero-order chi connectivity index (χ0) is 9.07. The lowest BCUT2D eigenvalue weighted by Crippen LogP contribution is -2.47. The Morgan fingerprint density at radius 3 is 2.36 bits per heavy atom. The van der Waals surface area contributed by atoms with Crippen molar-refractivity contribution < 1.29 is 5.11 Å². The van der Waals surface area contributed by atoms with E-state index < -0.39 is 0 Å². The maximum absolute atomic E-state index is 8.95. The van der Waals surface area contributed by atoms with Gasteiger partial charge in [0, 0.05) is 12.1 Å². The normalized spacial score (nSPS) is 12.1. The Hall–Kier alpha value is -0.190. The molecule has 3 nitrogen and oxygen atoms in total. The Kier molecular flexibility index (Phi) is 3.92. The third-order valence-corrected chi connectivity index (χ3v) is 1.94. The Bertz CT molecular complexity index is 147. The number of nitrogens with two attached hydrogens (primary N) is 1. The van der Waals surface area contributed by atoms with Crippen LogP contribution in [-0.4, -0.2) is 40.7 Å². The summed E-state index contributed by atoms with van der Waals surface area (Å²) in [5.41, 5.74) is 5.11. The van der Waals surface area contributed by atoms with Crippen molar-refractivity contribution in [1.82, 2.24) is 4.90 Å². The lowest BCUT2D eigenvalue weighted by molar-refractivity contribution is 0.0920. The summed E-state index contributed by atoms with van der Waals surface area (Å²) in [6.07, 6.45) is 0. The molecule has 0 aliphatic heterocycles. The zero-order valence-electron chi connectivity index (χ0n) is 7.29. The molecule has 0 atom stereocenters. The Labute approximate surface area is 73.2 Å². The van der Waals surface area contributed by atoms with E-state index in [1.807, 2.05) is 25.8 Å². The van der Waals surface area contributed by atoms with Gasteiger partial charge in [-0.15, -0.1) is 0 Å². The van der Waals surface area contributed by atoms with Gasteiger partial charge in [0.25, 0.3) is 0 Å². The van der Waals surface area contributed by atoms with Crippen LogP contribution in [0.3, 0.4) is 0 Å². The summed E-state index contributed by atoms with van der Waals surface area (Å²) in [6, 6.07) is 0. The minimum absolute atomic E-state index is 0.103. The van der Waals surface area contributed by atoms with Gasteiger partial charge in [-0.05, 0) is 20.9 Å². The SMILES string of the molecule is CN(CC(N)=S)C(C)(C)CO. The number of thiocarbonyl (C=S) groups is 1. The molecule has 4 heteroatoms. The van der Waals surface area contributed by atoms with Crippen molar-refractivity contribution in [1.29, 1.82) is 0 Å². The highest BCUT2D eigenvalue weighted by molar-refractivity contribution is 7.80. The molecule has 0 fully saturated rings. The molecule has 0 aromatic rings. The molecule has 0 aromatic heterocycles. The molecule has 0 bridgehead atoms. The van der Waals surface area contributed by atoms with E-state index in [2.05, 4.69) is 0 Å². The van der Waals surface area contributed by atoms with Gasteiger partial charge in [-0.25, -0.2) is 0 Å². The predicted molar refractivity (Wildman–Crippen MR) is 50.6 cm³/mol. The van der Waals surface area contributed by atoms with Crippen LogP contribution in [-0.2, 0) is 0 Å². The molecule has 0 rings (SSSR count). The largest absolute Gasteiger partial charge is 0.394 e. The van der Waals surface area contributed by atoms with Crippen molar-refractivity contribution in [3.63, 3.8) is 0 Å². The average molecular weight is 176 g/mol. The summed E-state index contributed by atoms with van der Waals surface area (Å²) in [7, 11) is 1.88. The van der Waals surface area contributed by atoms with Crippen LogP contribution < -0.4 is 5.73 Å². The smallest absolute Gasteiger partial charge is 0.0870 e. The number of hydrogen-bond donors (Lipinski definition) is 2. The Balaban J connectivity index is 4.01. The first-order valence-corrected chi connectivity index (χ1v) is 3.91. The second kappa shape index (κ2) is 3.99. The highest BCUT2D eigenvalue weighted by atomic mass is 32.1. The first-order chi connectivity index (χ1) is 4.90. The summed E-state index contributed by atoms with van der Waals surface area (Å²) in [5.74, 6) is 0. The van der Waals surface area contributed by atoms with Gasteiger partial charge in [-0.2, -0.15) is 0 Å². The molecule has 11 heavy (non-hydrogen) atoms. The van der Waals surface area contributed by atoms with Crippen LogP contribution in [0.1, 0.15) is 13.8 Å². The van der Waals surface area contributed by atoms with Crippen molar-refractivity contribution >= 4 is 17.2 Å². The molecule has 0 aliphatic rings. The van der Waals surface area contributed by atoms with Crippen LogP contribution >= 0.6 is 12.2 Å². The van der Waals surface area contributed by atoms with E-state index in [1.54, 1.807) is 0 Å². The summed E-state index contributed by atoms with van der Waals surface area (Å²) < 4.78 is 0. The summed E-state index contributed by atoms with van der Waals surface area (Å²) >= 11 is 4.74. The standard InChI is InChI=1S/C7H16N2OS/c1-7(2,5-10)9(3)4-6(8)11/h10H,4-5H2,1-3H3,(H2,8,11). The van der Waals surface area contributed by atoms with Gasteiger partial charge in [-0.1, -0.05) is 12.2 Å². The molecular weight excluding hydrogens is 160 g/mol. The first kappa shape index (κ1) is 10.8. The fourth-order valence-corrected chi connectivity index (χ4v) is 0.762. The molecule has 0 aromatic carbocycles. The molecule has 0 radical (unpaired) electrons. The lowest BCUT2D eigenvalue weighted by atomic mass is 10.1. The van der Waals surface area contributed by atoms with Gasteiger partial charge >= 0.3 is 0 Å². The number of rotatable bonds is 4. The van der Waals surface area contributed by atoms with Gasteiger partial charge in [0.15, 0.2) is 0 Å². The van der Waals surface area contributed by atoms with Crippen LogP contribution in [0.4, 0.5) is 0 Å². The van der Waals surface area contributed by atoms with E-state index in [-0.39, 0.29) is 12.1 Å². The van der Waals surface area contributed by atoms with Crippen LogP contribution in [0.25, 0.3) is 0 Å². The first-order valence-electron chi connectivity index (χ1n) is 3.50. The maximum atomic E-state index is 8.95. The molecule has 0 unspecified atom stereocenters. The van der Waals surface area contributed by atoms with Crippen molar-refractivity contribution in [3.8, 4) is 0 Å². The monoisotopic (exact) mass is 176 g/mol. The van der Waals surface area contributed by atoms with E-state index in [9.17, 15) is 0 Å². The molecule has 3 N–H and O–H groups in total. The van der Waals surface area contributed by atoms with Crippen molar-refractivity contribution in [2.45, 2.75) is 19.4 Å². The summed E-state index contributed by atoms with van der Waals surface area (Å²) in [6.45, 7) is 4.52.